The largest absolute Gasteiger partial charge is 0.429 e. The molecule has 4 nitrogen and oxygen atoms in total. The van der Waals surface area contributed by atoms with E-state index in [1.54, 1.807) is 12.4 Å². The van der Waals surface area contributed by atoms with Gasteiger partial charge in [-0.1, -0.05) is 11.3 Å². The highest BCUT2D eigenvalue weighted by Crippen LogP contribution is 2.23. The normalized spacial score (nSPS) is 10.1. The van der Waals surface area contributed by atoms with Crippen molar-refractivity contribution in [1.29, 1.82) is 0 Å². The van der Waals surface area contributed by atoms with Gasteiger partial charge in [0.25, 0.3) is 5.19 Å². The Balaban J connectivity index is 2.11. The highest BCUT2D eigenvalue weighted by Gasteiger charge is 2.02. The topological polar surface area (TPSA) is 61.0 Å². The van der Waals surface area contributed by atoms with Crippen LogP contribution in [0.1, 0.15) is 5.69 Å². The van der Waals surface area contributed by atoms with Crippen molar-refractivity contribution < 1.29 is 4.74 Å². The lowest BCUT2D eigenvalue weighted by molar-refractivity contribution is 0.475. The Morgan fingerprint density at radius 3 is 3.07 bits per heavy atom. The maximum Gasteiger partial charge on any atom is 0.279 e. The third-order valence-corrected chi connectivity index (χ3v) is 2.35. The van der Waals surface area contributed by atoms with E-state index >= 15 is 0 Å². The van der Waals surface area contributed by atoms with E-state index in [1.165, 1.54) is 11.3 Å². The molecule has 0 unspecified atom stereocenters. The third-order valence-electron chi connectivity index (χ3n) is 1.58. The lowest BCUT2D eigenvalue weighted by Crippen LogP contribution is -1.95. The van der Waals surface area contributed by atoms with Gasteiger partial charge in [-0.3, -0.25) is 4.98 Å². The quantitative estimate of drug-likeness (QED) is 0.833. The first-order chi connectivity index (χ1) is 6.88. The molecule has 2 rings (SSSR count). The van der Waals surface area contributed by atoms with E-state index < -0.39 is 0 Å². The standard InChI is InChI=1S/C9H9N3OS/c10-4-7-6-14-9(12-7)13-8-2-1-3-11-5-8/h1-3,5-6H,4,10H2. The lowest BCUT2D eigenvalue weighted by atomic mass is 10.5. The monoisotopic (exact) mass is 207 g/mol. The highest BCUT2D eigenvalue weighted by atomic mass is 32.1. The molecular weight excluding hydrogens is 198 g/mol. The van der Waals surface area contributed by atoms with E-state index in [0.29, 0.717) is 17.5 Å². The van der Waals surface area contributed by atoms with Gasteiger partial charge in [-0.2, -0.15) is 0 Å². The number of aromatic nitrogens is 2. The van der Waals surface area contributed by atoms with Crippen molar-refractivity contribution >= 4 is 11.3 Å². The molecule has 0 aromatic carbocycles. The van der Waals surface area contributed by atoms with Crippen molar-refractivity contribution in [2.24, 2.45) is 5.73 Å². The third kappa shape index (κ3) is 2.07. The number of hydrogen-bond acceptors (Lipinski definition) is 5. The molecule has 0 fully saturated rings. The molecule has 72 valence electrons. The number of nitrogens with zero attached hydrogens (tertiary/aromatic N) is 2. The van der Waals surface area contributed by atoms with Crippen LogP contribution in [0.5, 0.6) is 10.9 Å². The maximum atomic E-state index is 5.45. The minimum absolute atomic E-state index is 0.437. The highest BCUT2D eigenvalue weighted by molar-refractivity contribution is 7.11. The summed E-state index contributed by atoms with van der Waals surface area (Å²) in [5.74, 6) is 0.686. The summed E-state index contributed by atoms with van der Waals surface area (Å²) in [6.07, 6.45) is 3.34. The van der Waals surface area contributed by atoms with Crippen molar-refractivity contribution in [3.63, 3.8) is 0 Å². The Bertz CT molecular complexity index is 401. The molecule has 2 heterocycles. The Kier molecular flexibility index (Phi) is 2.71. The van der Waals surface area contributed by atoms with E-state index in [2.05, 4.69) is 9.97 Å². The Morgan fingerprint density at radius 2 is 2.43 bits per heavy atom. The van der Waals surface area contributed by atoms with Gasteiger partial charge in [0.05, 0.1) is 11.9 Å². The fourth-order valence-electron chi connectivity index (χ4n) is 0.937. The van der Waals surface area contributed by atoms with E-state index in [-0.39, 0.29) is 0 Å². The van der Waals surface area contributed by atoms with Crippen LogP contribution >= 0.6 is 11.3 Å². The van der Waals surface area contributed by atoms with Crippen molar-refractivity contribution in [3.05, 3.63) is 35.6 Å². The first-order valence-electron chi connectivity index (χ1n) is 4.11. The van der Waals surface area contributed by atoms with Crippen LogP contribution in [-0.4, -0.2) is 9.97 Å². The van der Waals surface area contributed by atoms with Crippen LogP contribution in [0.15, 0.2) is 29.9 Å². The first-order valence-corrected chi connectivity index (χ1v) is 4.99. The van der Waals surface area contributed by atoms with E-state index in [0.717, 1.165) is 5.69 Å². The lowest BCUT2D eigenvalue weighted by Gasteiger charge is -1.98. The predicted octanol–water partition coefficient (Wildman–Crippen LogP) is 1.79. The van der Waals surface area contributed by atoms with Crippen LogP contribution < -0.4 is 10.5 Å². The van der Waals surface area contributed by atoms with Crippen LogP contribution in [0, 0.1) is 0 Å². The van der Waals surface area contributed by atoms with E-state index in [1.807, 2.05) is 17.5 Å². The fourth-order valence-corrected chi connectivity index (χ4v) is 1.64. The van der Waals surface area contributed by atoms with Gasteiger partial charge in [0.2, 0.25) is 0 Å². The van der Waals surface area contributed by atoms with Crippen LogP contribution in [0.4, 0.5) is 0 Å². The zero-order valence-electron chi connectivity index (χ0n) is 7.38. The molecule has 0 saturated carbocycles. The molecule has 14 heavy (non-hydrogen) atoms. The van der Waals surface area contributed by atoms with Crippen molar-refractivity contribution in [2.75, 3.05) is 0 Å². The van der Waals surface area contributed by atoms with Gasteiger partial charge in [0.1, 0.15) is 5.75 Å². The molecule has 0 aliphatic heterocycles. The summed E-state index contributed by atoms with van der Waals surface area (Å²) in [6.45, 7) is 0.437. The van der Waals surface area contributed by atoms with Crippen LogP contribution in [-0.2, 0) is 6.54 Å². The number of nitrogens with two attached hydrogens (primary N) is 1. The summed E-state index contributed by atoms with van der Waals surface area (Å²) in [5.41, 5.74) is 6.27. The molecular formula is C9H9N3OS. The maximum absolute atomic E-state index is 5.45. The molecule has 0 amide bonds. The van der Waals surface area contributed by atoms with Crippen LogP contribution in [0.3, 0.4) is 0 Å². The summed E-state index contributed by atoms with van der Waals surface area (Å²) in [6, 6.07) is 3.64. The summed E-state index contributed by atoms with van der Waals surface area (Å²) in [4.78, 5) is 8.10. The summed E-state index contributed by atoms with van der Waals surface area (Å²) in [5, 5.41) is 2.48. The van der Waals surface area contributed by atoms with E-state index in [9.17, 15) is 0 Å². The molecule has 0 bridgehead atoms. The van der Waals surface area contributed by atoms with Crippen molar-refractivity contribution in [3.8, 4) is 10.9 Å². The number of thiazole rings is 1. The van der Waals surface area contributed by atoms with Gasteiger partial charge >= 0.3 is 0 Å². The average molecular weight is 207 g/mol. The van der Waals surface area contributed by atoms with Crippen molar-refractivity contribution in [1.82, 2.24) is 9.97 Å². The number of rotatable bonds is 3. The van der Waals surface area contributed by atoms with Gasteiger partial charge in [-0.25, -0.2) is 4.98 Å². The number of ether oxygens (including phenoxy) is 1. The number of pyridine rings is 1. The van der Waals surface area contributed by atoms with Crippen LogP contribution in [0.2, 0.25) is 0 Å². The minimum Gasteiger partial charge on any atom is -0.429 e. The Labute approximate surface area is 85.4 Å². The summed E-state index contributed by atoms with van der Waals surface area (Å²) >= 11 is 1.43. The molecule has 0 spiro atoms. The van der Waals surface area contributed by atoms with E-state index in [4.69, 9.17) is 10.5 Å². The Morgan fingerprint density at radius 1 is 1.50 bits per heavy atom. The minimum atomic E-state index is 0.437. The van der Waals surface area contributed by atoms with Gasteiger partial charge < -0.3 is 10.5 Å². The fraction of sp³-hybridized carbons (Fsp3) is 0.111. The summed E-state index contributed by atoms with van der Waals surface area (Å²) < 4.78 is 5.45. The number of hydrogen-bond donors (Lipinski definition) is 1. The van der Waals surface area contributed by atoms with Gasteiger partial charge in [0.15, 0.2) is 0 Å². The zero-order chi connectivity index (χ0) is 9.80. The second kappa shape index (κ2) is 4.17. The molecule has 0 aliphatic carbocycles. The molecule has 2 aromatic heterocycles. The first kappa shape index (κ1) is 9.11. The molecule has 2 aromatic rings. The van der Waals surface area contributed by atoms with Crippen molar-refractivity contribution in [2.45, 2.75) is 6.54 Å². The average Bonchev–Trinajstić information content (AvgIpc) is 2.67. The Hall–Kier alpha value is -1.46. The molecule has 0 radical (unpaired) electrons. The second-order valence-electron chi connectivity index (χ2n) is 2.60. The molecule has 5 heteroatoms. The van der Waals surface area contributed by atoms with Crippen LogP contribution in [0.25, 0.3) is 0 Å². The molecule has 0 saturated heterocycles. The summed E-state index contributed by atoms with van der Waals surface area (Å²) in [7, 11) is 0. The molecule has 0 aliphatic rings. The second-order valence-corrected chi connectivity index (χ2v) is 3.42. The molecule has 2 N–H and O–H groups in total. The smallest absolute Gasteiger partial charge is 0.279 e. The molecule has 0 atom stereocenters. The predicted molar refractivity (Wildman–Crippen MR) is 54.3 cm³/mol. The zero-order valence-corrected chi connectivity index (χ0v) is 8.20. The van der Waals surface area contributed by atoms with Gasteiger partial charge in [-0.15, -0.1) is 0 Å². The van der Waals surface area contributed by atoms with Gasteiger partial charge in [-0.05, 0) is 12.1 Å². The SMILES string of the molecule is NCc1csc(Oc2cccnc2)n1. The van der Waals surface area contributed by atoms with Gasteiger partial charge in [0, 0.05) is 18.1 Å².